The van der Waals surface area contributed by atoms with E-state index in [0.717, 1.165) is 25.9 Å². The molecule has 5 nitrogen and oxygen atoms in total. The largest absolute Gasteiger partial charge is 0.493 e. The first-order chi connectivity index (χ1) is 13.1. The Kier molecular flexibility index (Phi) is 6.29. The maximum absolute atomic E-state index is 14.3. The molecule has 2 aromatic carbocycles. The Morgan fingerprint density at radius 2 is 1.89 bits per heavy atom. The monoisotopic (exact) mass is 372 g/mol. The zero-order valence-corrected chi connectivity index (χ0v) is 15.7. The lowest BCUT2D eigenvalue weighted by Crippen LogP contribution is -2.40. The summed E-state index contributed by atoms with van der Waals surface area (Å²) in [6.45, 7) is 2.44. The van der Waals surface area contributed by atoms with Crippen LogP contribution in [0.1, 0.15) is 18.4 Å². The minimum absolute atomic E-state index is 0.109. The van der Waals surface area contributed by atoms with Crippen molar-refractivity contribution in [2.24, 2.45) is 5.92 Å². The molecular weight excluding hydrogens is 347 g/mol. The van der Waals surface area contributed by atoms with E-state index in [0.29, 0.717) is 18.0 Å². The van der Waals surface area contributed by atoms with Crippen LogP contribution in [0.4, 0.5) is 10.1 Å². The third-order valence-corrected chi connectivity index (χ3v) is 4.86. The van der Waals surface area contributed by atoms with Crippen molar-refractivity contribution in [3.63, 3.8) is 0 Å². The van der Waals surface area contributed by atoms with E-state index in [1.54, 1.807) is 0 Å². The summed E-state index contributed by atoms with van der Waals surface area (Å²) >= 11 is 0. The number of benzene rings is 2. The molecule has 1 unspecified atom stereocenters. The summed E-state index contributed by atoms with van der Waals surface area (Å²) in [5.74, 6) is -0.213. The van der Waals surface area contributed by atoms with Crippen LogP contribution in [0.25, 0.3) is 0 Å². The van der Waals surface area contributed by atoms with Gasteiger partial charge in [-0.3, -0.25) is 9.69 Å². The predicted molar refractivity (Wildman–Crippen MR) is 103 cm³/mol. The van der Waals surface area contributed by atoms with Gasteiger partial charge >= 0.3 is 0 Å². The Hall–Kier alpha value is -2.60. The lowest BCUT2D eigenvalue weighted by atomic mass is 9.96. The number of hydrogen-bond acceptors (Lipinski definition) is 4. The molecule has 0 aromatic heterocycles. The van der Waals surface area contributed by atoms with Crippen LogP contribution in [0.2, 0.25) is 0 Å². The number of likely N-dealkylation sites (tertiary alicyclic amines) is 1. The highest BCUT2D eigenvalue weighted by Gasteiger charge is 2.26. The van der Waals surface area contributed by atoms with Crippen LogP contribution in [0, 0.1) is 11.7 Å². The van der Waals surface area contributed by atoms with Gasteiger partial charge in [-0.25, -0.2) is 4.39 Å². The van der Waals surface area contributed by atoms with Gasteiger partial charge in [-0.1, -0.05) is 30.3 Å². The third-order valence-electron chi connectivity index (χ3n) is 4.86. The molecule has 0 bridgehead atoms. The van der Waals surface area contributed by atoms with E-state index in [1.165, 1.54) is 31.9 Å². The molecule has 1 amide bonds. The molecule has 27 heavy (non-hydrogen) atoms. The summed E-state index contributed by atoms with van der Waals surface area (Å²) in [5, 5.41) is 2.71. The summed E-state index contributed by atoms with van der Waals surface area (Å²) in [6, 6.07) is 12.9. The smallest absolute Gasteiger partial charge is 0.228 e. The number of anilines is 1. The van der Waals surface area contributed by atoms with Crippen molar-refractivity contribution in [3.05, 3.63) is 53.8 Å². The quantitative estimate of drug-likeness (QED) is 0.840. The van der Waals surface area contributed by atoms with E-state index in [-0.39, 0.29) is 17.5 Å². The molecule has 1 saturated heterocycles. The Morgan fingerprint density at radius 1 is 1.19 bits per heavy atom. The first-order valence-corrected chi connectivity index (χ1v) is 9.09. The van der Waals surface area contributed by atoms with Crippen molar-refractivity contribution < 1.29 is 18.7 Å². The number of nitrogens with zero attached hydrogens (tertiary/aromatic N) is 1. The molecule has 0 saturated carbocycles. The molecule has 1 fully saturated rings. The number of piperidine rings is 1. The van der Waals surface area contributed by atoms with Crippen molar-refractivity contribution in [3.8, 4) is 11.5 Å². The van der Waals surface area contributed by atoms with Crippen molar-refractivity contribution in [2.45, 2.75) is 19.4 Å². The second-order valence-corrected chi connectivity index (χ2v) is 6.74. The fraction of sp³-hybridized carbons (Fsp3) is 0.381. The maximum Gasteiger partial charge on any atom is 0.228 e. The molecule has 0 aliphatic carbocycles. The van der Waals surface area contributed by atoms with Crippen LogP contribution < -0.4 is 14.8 Å². The van der Waals surface area contributed by atoms with E-state index >= 15 is 0 Å². The molecule has 1 heterocycles. The first-order valence-electron chi connectivity index (χ1n) is 9.09. The Balaban J connectivity index is 1.65. The lowest BCUT2D eigenvalue weighted by molar-refractivity contribution is -0.121. The fourth-order valence-corrected chi connectivity index (χ4v) is 3.44. The number of nitrogens with one attached hydrogen (secondary N) is 1. The zero-order chi connectivity index (χ0) is 19.2. The SMILES string of the molecule is COc1cc(F)c(NC(=O)C2CCCN(Cc3ccccc3)C2)cc1OC. The topological polar surface area (TPSA) is 50.8 Å². The van der Waals surface area contributed by atoms with E-state index < -0.39 is 5.82 Å². The van der Waals surface area contributed by atoms with Crippen LogP contribution in [0.15, 0.2) is 42.5 Å². The number of carbonyl (C=O) groups is 1. The molecule has 3 rings (SSSR count). The summed E-state index contributed by atoms with van der Waals surface area (Å²) in [7, 11) is 2.92. The Labute approximate surface area is 159 Å². The van der Waals surface area contributed by atoms with Crippen LogP contribution in [-0.2, 0) is 11.3 Å². The van der Waals surface area contributed by atoms with Gasteiger partial charge in [-0.2, -0.15) is 0 Å². The number of carbonyl (C=O) groups excluding carboxylic acids is 1. The molecule has 2 aromatic rings. The average molecular weight is 372 g/mol. The van der Waals surface area contributed by atoms with Crippen molar-refractivity contribution in [1.82, 2.24) is 4.90 Å². The molecule has 1 N–H and O–H groups in total. The number of rotatable bonds is 6. The molecule has 1 aliphatic rings. The van der Waals surface area contributed by atoms with Gasteiger partial charge in [0, 0.05) is 25.2 Å². The molecule has 0 radical (unpaired) electrons. The van der Waals surface area contributed by atoms with Gasteiger partial charge in [0.1, 0.15) is 0 Å². The Bertz CT molecular complexity index is 782. The van der Waals surface area contributed by atoms with E-state index in [9.17, 15) is 9.18 Å². The van der Waals surface area contributed by atoms with E-state index in [1.807, 2.05) is 18.2 Å². The van der Waals surface area contributed by atoms with Crippen molar-refractivity contribution >= 4 is 11.6 Å². The van der Waals surface area contributed by atoms with Crippen molar-refractivity contribution in [2.75, 3.05) is 32.6 Å². The van der Waals surface area contributed by atoms with Crippen LogP contribution in [-0.4, -0.2) is 38.1 Å². The molecular formula is C21H25FN2O3. The normalized spacial score (nSPS) is 17.4. The number of amides is 1. The summed E-state index contributed by atoms with van der Waals surface area (Å²) in [6.07, 6.45) is 1.74. The van der Waals surface area contributed by atoms with Gasteiger partial charge in [0.15, 0.2) is 17.3 Å². The lowest BCUT2D eigenvalue weighted by Gasteiger charge is -2.32. The Morgan fingerprint density at radius 3 is 2.59 bits per heavy atom. The fourth-order valence-electron chi connectivity index (χ4n) is 3.44. The third kappa shape index (κ3) is 4.77. The molecule has 144 valence electrons. The van der Waals surface area contributed by atoms with Crippen LogP contribution >= 0.6 is 0 Å². The second kappa shape index (κ2) is 8.86. The second-order valence-electron chi connectivity index (χ2n) is 6.74. The number of hydrogen-bond donors (Lipinski definition) is 1. The summed E-state index contributed by atoms with van der Waals surface area (Å²) in [5.41, 5.74) is 1.34. The van der Waals surface area contributed by atoms with Gasteiger partial charge in [-0.05, 0) is 24.9 Å². The van der Waals surface area contributed by atoms with Gasteiger partial charge in [-0.15, -0.1) is 0 Å². The zero-order valence-electron chi connectivity index (χ0n) is 15.7. The number of ether oxygens (including phenoxy) is 2. The highest BCUT2D eigenvalue weighted by molar-refractivity contribution is 5.93. The minimum atomic E-state index is -0.544. The van der Waals surface area contributed by atoms with Gasteiger partial charge < -0.3 is 14.8 Å². The van der Waals surface area contributed by atoms with Gasteiger partial charge in [0.05, 0.1) is 25.8 Å². The van der Waals surface area contributed by atoms with Crippen LogP contribution in [0.5, 0.6) is 11.5 Å². The maximum atomic E-state index is 14.3. The molecule has 6 heteroatoms. The first kappa shape index (κ1) is 19.2. The molecule has 1 aliphatic heterocycles. The van der Waals surface area contributed by atoms with E-state index in [2.05, 4.69) is 22.3 Å². The minimum Gasteiger partial charge on any atom is -0.493 e. The summed E-state index contributed by atoms with van der Waals surface area (Å²) in [4.78, 5) is 15.0. The van der Waals surface area contributed by atoms with Gasteiger partial charge in [0.2, 0.25) is 5.91 Å². The van der Waals surface area contributed by atoms with E-state index in [4.69, 9.17) is 9.47 Å². The predicted octanol–water partition coefficient (Wildman–Crippen LogP) is 3.69. The van der Waals surface area contributed by atoms with Crippen LogP contribution in [0.3, 0.4) is 0 Å². The number of halogens is 1. The van der Waals surface area contributed by atoms with Gasteiger partial charge in [0.25, 0.3) is 0 Å². The van der Waals surface area contributed by atoms with Crippen molar-refractivity contribution in [1.29, 1.82) is 0 Å². The number of methoxy groups -OCH3 is 2. The highest BCUT2D eigenvalue weighted by Crippen LogP contribution is 2.33. The summed E-state index contributed by atoms with van der Waals surface area (Å²) < 4.78 is 24.6. The average Bonchev–Trinajstić information content (AvgIpc) is 2.70. The molecule has 0 spiro atoms. The molecule has 1 atom stereocenters. The highest BCUT2D eigenvalue weighted by atomic mass is 19.1. The standard InChI is InChI=1S/C21H25FN2O3/c1-26-19-11-17(22)18(12-20(19)27-2)23-21(25)16-9-6-10-24(14-16)13-15-7-4-3-5-8-15/h3-5,7-8,11-12,16H,6,9-10,13-14H2,1-2H3,(H,23,25).